The topological polar surface area (TPSA) is 81.5 Å². The minimum absolute atomic E-state index is 0.0128. The standard InChI is InChI=1S/C16H25N3O4S/c1-24(21,22)11-16(20)18-7-14-6-17-12-19(14)15(8-18)10-23-9-13-4-2-3-5-13/h6,12-13,15H,2-5,7-11H2,1H3/t15-/m1/s1. The molecule has 8 heteroatoms. The van der Waals surface area contributed by atoms with Gasteiger partial charge in [-0.05, 0) is 18.8 Å². The molecule has 0 radical (unpaired) electrons. The summed E-state index contributed by atoms with van der Waals surface area (Å²) in [6.07, 6.45) is 9.62. The molecule has 3 rings (SSSR count). The maximum Gasteiger partial charge on any atom is 0.238 e. The molecule has 2 aliphatic rings. The highest BCUT2D eigenvalue weighted by Crippen LogP contribution is 2.26. The molecule has 0 N–H and O–H groups in total. The Morgan fingerprint density at radius 1 is 1.33 bits per heavy atom. The summed E-state index contributed by atoms with van der Waals surface area (Å²) in [5.41, 5.74) is 0.914. The minimum atomic E-state index is -3.33. The maximum absolute atomic E-state index is 12.3. The number of hydrogen-bond donors (Lipinski definition) is 0. The van der Waals surface area contributed by atoms with Crippen molar-refractivity contribution in [2.45, 2.75) is 38.3 Å². The molecule has 0 bridgehead atoms. The largest absolute Gasteiger partial charge is 0.379 e. The second-order valence-electron chi connectivity index (χ2n) is 6.98. The molecule has 1 aromatic rings. The van der Waals surface area contributed by atoms with Gasteiger partial charge in [-0.25, -0.2) is 13.4 Å². The third-order valence-corrected chi connectivity index (χ3v) is 5.57. The van der Waals surface area contributed by atoms with Crippen molar-refractivity contribution >= 4 is 15.7 Å². The van der Waals surface area contributed by atoms with Crippen molar-refractivity contribution < 1.29 is 17.9 Å². The smallest absolute Gasteiger partial charge is 0.238 e. The Morgan fingerprint density at radius 3 is 2.79 bits per heavy atom. The predicted octanol–water partition coefficient (Wildman–Crippen LogP) is 1.02. The van der Waals surface area contributed by atoms with E-state index in [4.69, 9.17) is 4.74 Å². The molecular formula is C16H25N3O4S. The molecule has 134 valence electrons. The van der Waals surface area contributed by atoms with Crippen LogP contribution in [0.3, 0.4) is 0 Å². The van der Waals surface area contributed by atoms with E-state index in [9.17, 15) is 13.2 Å². The second-order valence-corrected chi connectivity index (χ2v) is 9.12. The Bertz CT molecular complexity index is 679. The van der Waals surface area contributed by atoms with Crippen LogP contribution in [0.2, 0.25) is 0 Å². The molecule has 1 saturated carbocycles. The molecule has 24 heavy (non-hydrogen) atoms. The zero-order valence-corrected chi connectivity index (χ0v) is 14.9. The Morgan fingerprint density at radius 2 is 2.08 bits per heavy atom. The lowest BCUT2D eigenvalue weighted by Crippen LogP contribution is -2.44. The normalized spacial score (nSPS) is 21.9. The van der Waals surface area contributed by atoms with Crippen molar-refractivity contribution in [3.63, 3.8) is 0 Å². The molecule has 1 aliphatic heterocycles. The highest BCUT2D eigenvalue weighted by Gasteiger charge is 2.29. The number of carbonyl (C=O) groups excluding carboxylic acids is 1. The number of sulfone groups is 1. The van der Waals surface area contributed by atoms with Crippen LogP contribution in [0.25, 0.3) is 0 Å². The van der Waals surface area contributed by atoms with E-state index in [2.05, 4.69) is 4.98 Å². The van der Waals surface area contributed by atoms with Gasteiger partial charge < -0.3 is 14.2 Å². The number of fused-ring (bicyclic) bond motifs is 1. The summed E-state index contributed by atoms with van der Waals surface area (Å²) in [6.45, 7) is 2.14. The van der Waals surface area contributed by atoms with E-state index in [1.165, 1.54) is 25.7 Å². The van der Waals surface area contributed by atoms with Crippen LogP contribution < -0.4 is 0 Å². The summed E-state index contributed by atoms with van der Waals surface area (Å²) in [5, 5.41) is 0. The van der Waals surface area contributed by atoms with Crippen LogP contribution in [0.4, 0.5) is 0 Å². The summed E-state index contributed by atoms with van der Waals surface area (Å²) in [6, 6.07) is -0.0128. The molecule has 7 nitrogen and oxygen atoms in total. The lowest BCUT2D eigenvalue weighted by Gasteiger charge is -2.34. The van der Waals surface area contributed by atoms with Crippen molar-refractivity contribution in [1.82, 2.24) is 14.5 Å². The van der Waals surface area contributed by atoms with Crippen LogP contribution >= 0.6 is 0 Å². The molecule has 0 unspecified atom stereocenters. The first-order chi connectivity index (χ1) is 11.4. The lowest BCUT2D eigenvalue weighted by atomic mass is 10.1. The van der Waals surface area contributed by atoms with Gasteiger partial charge in [0.25, 0.3) is 0 Å². The maximum atomic E-state index is 12.3. The Kier molecular flexibility index (Phi) is 5.24. The molecular weight excluding hydrogens is 330 g/mol. The highest BCUT2D eigenvalue weighted by molar-refractivity contribution is 7.91. The number of nitrogens with zero attached hydrogens (tertiary/aromatic N) is 3. The van der Waals surface area contributed by atoms with Crippen molar-refractivity contribution in [1.29, 1.82) is 0 Å². The van der Waals surface area contributed by atoms with Crippen LogP contribution in [-0.4, -0.2) is 60.5 Å². The fraction of sp³-hybridized carbons (Fsp3) is 0.750. The Hall–Kier alpha value is -1.41. The van der Waals surface area contributed by atoms with Crippen molar-refractivity contribution in [3.05, 3.63) is 18.2 Å². The van der Waals surface area contributed by atoms with Gasteiger partial charge in [0, 0.05) is 25.6 Å². The van der Waals surface area contributed by atoms with Gasteiger partial charge in [0.2, 0.25) is 5.91 Å². The number of hydrogen-bond acceptors (Lipinski definition) is 5. The van der Waals surface area contributed by atoms with Gasteiger partial charge in [0.15, 0.2) is 9.84 Å². The van der Waals surface area contributed by atoms with E-state index in [0.29, 0.717) is 25.6 Å². The summed E-state index contributed by atoms with van der Waals surface area (Å²) in [5.74, 6) is -0.152. The number of imidazole rings is 1. The molecule has 1 fully saturated rings. The van der Waals surface area contributed by atoms with Crippen LogP contribution in [0.1, 0.15) is 37.4 Å². The predicted molar refractivity (Wildman–Crippen MR) is 89.2 cm³/mol. The molecule has 0 saturated heterocycles. The zero-order valence-electron chi connectivity index (χ0n) is 14.1. The lowest BCUT2D eigenvalue weighted by molar-refractivity contribution is -0.130. The average Bonchev–Trinajstić information content (AvgIpc) is 3.15. The van der Waals surface area contributed by atoms with Gasteiger partial charge in [-0.3, -0.25) is 4.79 Å². The molecule has 2 heterocycles. The van der Waals surface area contributed by atoms with Gasteiger partial charge >= 0.3 is 0 Å². The first kappa shape index (κ1) is 17.4. The quantitative estimate of drug-likeness (QED) is 0.761. The van der Waals surface area contributed by atoms with Crippen LogP contribution in [-0.2, 0) is 25.9 Å². The van der Waals surface area contributed by atoms with E-state index in [-0.39, 0.29) is 11.9 Å². The van der Waals surface area contributed by atoms with E-state index in [1.807, 2.05) is 4.57 Å². The van der Waals surface area contributed by atoms with Gasteiger partial charge in [-0.15, -0.1) is 0 Å². The minimum Gasteiger partial charge on any atom is -0.379 e. The van der Waals surface area contributed by atoms with Crippen molar-refractivity contribution in [2.24, 2.45) is 5.92 Å². The van der Waals surface area contributed by atoms with Gasteiger partial charge in [0.1, 0.15) is 5.75 Å². The fourth-order valence-electron chi connectivity index (χ4n) is 3.57. The third-order valence-electron chi connectivity index (χ3n) is 4.80. The number of rotatable bonds is 6. The van der Waals surface area contributed by atoms with Gasteiger partial charge in [-0.1, -0.05) is 12.8 Å². The monoisotopic (exact) mass is 355 g/mol. The van der Waals surface area contributed by atoms with Crippen LogP contribution in [0.5, 0.6) is 0 Å². The summed E-state index contributed by atoms with van der Waals surface area (Å²) in [4.78, 5) is 18.0. The van der Waals surface area contributed by atoms with E-state index < -0.39 is 15.6 Å². The molecule has 1 amide bonds. The summed E-state index contributed by atoms with van der Waals surface area (Å²) >= 11 is 0. The second kappa shape index (κ2) is 7.23. The van der Waals surface area contributed by atoms with Crippen molar-refractivity contribution in [3.8, 4) is 0 Å². The molecule has 1 atom stereocenters. The first-order valence-corrected chi connectivity index (χ1v) is 10.5. The first-order valence-electron chi connectivity index (χ1n) is 8.46. The van der Waals surface area contributed by atoms with E-state index in [1.54, 1.807) is 17.4 Å². The van der Waals surface area contributed by atoms with Crippen LogP contribution in [0.15, 0.2) is 12.5 Å². The fourth-order valence-corrected chi connectivity index (χ4v) is 4.20. The van der Waals surface area contributed by atoms with Gasteiger partial charge in [0.05, 0.1) is 31.2 Å². The number of ether oxygens (including phenoxy) is 1. The molecule has 1 aliphatic carbocycles. The Balaban J connectivity index is 1.61. The van der Waals surface area contributed by atoms with E-state index in [0.717, 1.165) is 18.6 Å². The summed E-state index contributed by atoms with van der Waals surface area (Å²) < 4.78 is 30.7. The highest BCUT2D eigenvalue weighted by atomic mass is 32.2. The van der Waals surface area contributed by atoms with Crippen molar-refractivity contribution in [2.75, 3.05) is 31.8 Å². The number of amides is 1. The molecule has 0 aromatic carbocycles. The van der Waals surface area contributed by atoms with E-state index >= 15 is 0 Å². The SMILES string of the molecule is CS(=O)(=O)CC(=O)N1Cc2cncn2[C@@H](COCC2CCCC2)C1. The third kappa shape index (κ3) is 4.36. The zero-order chi connectivity index (χ0) is 17.2. The summed E-state index contributed by atoms with van der Waals surface area (Å²) in [7, 11) is -3.33. The van der Waals surface area contributed by atoms with Crippen LogP contribution in [0, 0.1) is 5.92 Å². The molecule has 0 spiro atoms. The van der Waals surface area contributed by atoms with Gasteiger partial charge in [-0.2, -0.15) is 0 Å². The number of carbonyl (C=O) groups is 1. The molecule has 1 aromatic heterocycles. The Labute approximate surface area is 142 Å². The number of aromatic nitrogens is 2. The average molecular weight is 355 g/mol.